The number of hydrogen-bond donors (Lipinski definition) is 2. The summed E-state index contributed by atoms with van der Waals surface area (Å²) >= 11 is 0. The van der Waals surface area contributed by atoms with Crippen molar-refractivity contribution in [3.05, 3.63) is 178 Å². The Morgan fingerprint density at radius 3 is 1.35 bits per heavy atom. The summed E-state index contributed by atoms with van der Waals surface area (Å²) < 4.78 is 0. The van der Waals surface area contributed by atoms with E-state index < -0.39 is 11.2 Å². The van der Waals surface area contributed by atoms with Crippen molar-refractivity contribution in [1.29, 1.82) is 0 Å². The second-order valence-electron chi connectivity index (χ2n) is 9.54. The first-order valence-corrected chi connectivity index (χ1v) is 13.0. The molecule has 0 aliphatic heterocycles. The molecule has 5 aromatic carbocycles. The van der Waals surface area contributed by atoms with Gasteiger partial charge in [-0.1, -0.05) is 127 Å². The Kier molecular flexibility index (Phi) is 6.54. The standard InChI is InChI=1S/C38H24O2/c39-37(27-25-30-15-6-2-7-16-30)33-20-10-11-21-34(33)38(40,28-26-31-17-8-3-9-18-31)36-32(19-12-22-35(36)37)24-23-29-13-4-1-5-14-29/h1-22,39-40H/t37-,38-/m0/s1. The average Bonchev–Trinajstić information content (AvgIpc) is 3.02. The number of fused-ring (bicyclic) bond motifs is 2. The Bertz CT molecular complexity index is 1880. The van der Waals surface area contributed by atoms with E-state index in [1.165, 1.54) is 0 Å². The maximum Gasteiger partial charge on any atom is 0.179 e. The molecule has 2 atom stereocenters. The zero-order valence-electron chi connectivity index (χ0n) is 21.6. The number of rotatable bonds is 0. The van der Waals surface area contributed by atoms with Crippen molar-refractivity contribution in [3.63, 3.8) is 0 Å². The highest BCUT2D eigenvalue weighted by molar-refractivity contribution is 5.68. The lowest BCUT2D eigenvalue weighted by molar-refractivity contribution is 0.0942. The third-order valence-electron chi connectivity index (χ3n) is 6.96. The summed E-state index contributed by atoms with van der Waals surface area (Å²) in [6.45, 7) is 0. The molecule has 1 aliphatic rings. The van der Waals surface area contributed by atoms with Crippen molar-refractivity contribution in [2.45, 2.75) is 11.2 Å². The van der Waals surface area contributed by atoms with E-state index in [-0.39, 0.29) is 0 Å². The largest absolute Gasteiger partial charge is 0.369 e. The third kappa shape index (κ3) is 4.58. The minimum Gasteiger partial charge on any atom is -0.369 e. The molecule has 0 bridgehead atoms. The highest BCUT2D eigenvalue weighted by Gasteiger charge is 2.49. The van der Waals surface area contributed by atoms with Crippen molar-refractivity contribution < 1.29 is 10.2 Å². The summed E-state index contributed by atoms with van der Waals surface area (Å²) in [7, 11) is 0. The number of aliphatic hydroxyl groups is 2. The van der Waals surface area contributed by atoms with Crippen LogP contribution >= 0.6 is 0 Å². The second kappa shape index (κ2) is 10.5. The van der Waals surface area contributed by atoms with E-state index >= 15 is 0 Å². The maximum absolute atomic E-state index is 12.5. The Balaban J connectivity index is 1.64. The SMILES string of the molecule is O[C@@]1(C#Cc2ccccc2)c2ccccc2[C@@](O)(C#Cc2ccccc2)c2c(C#Cc3ccccc3)cccc21. The van der Waals surface area contributed by atoms with Crippen LogP contribution in [0.2, 0.25) is 0 Å². The van der Waals surface area contributed by atoms with Crippen LogP contribution in [0.5, 0.6) is 0 Å². The van der Waals surface area contributed by atoms with Gasteiger partial charge in [-0.25, -0.2) is 0 Å². The predicted octanol–water partition coefficient (Wildman–Crippen LogP) is 5.98. The first kappa shape index (κ1) is 25.0. The first-order valence-electron chi connectivity index (χ1n) is 13.0. The molecule has 0 radical (unpaired) electrons. The predicted molar refractivity (Wildman–Crippen MR) is 158 cm³/mol. The van der Waals surface area contributed by atoms with Crippen molar-refractivity contribution in [1.82, 2.24) is 0 Å². The lowest BCUT2D eigenvalue weighted by atomic mass is 9.66. The van der Waals surface area contributed by atoms with Gasteiger partial charge in [-0.3, -0.25) is 0 Å². The number of benzene rings is 5. The minimum absolute atomic E-state index is 0.436. The van der Waals surface area contributed by atoms with Gasteiger partial charge in [0.1, 0.15) is 0 Å². The molecule has 6 rings (SSSR count). The Labute approximate surface area is 234 Å². The summed E-state index contributed by atoms with van der Waals surface area (Å²) in [5.74, 6) is 19.0. The first-order chi connectivity index (χ1) is 19.6. The highest BCUT2D eigenvalue weighted by atomic mass is 16.3. The van der Waals surface area contributed by atoms with Gasteiger partial charge in [0.2, 0.25) is 0 Å². The summed E-state index contributed by atoms with van der Waals surface area (Å²) in [5.41, 5.74) is 1.37. The average molecular weight is 513 g/mol. The van der Waals surface area contributed by atoms with E-state index in [4.69, 9.17) is 0 Å². The second-order valence-corrected chi connectivity index (χ2v) is 9.54. The smallest absolute Gasteiger partial charge is 0.179 e. The van der Waals surface area contributed by atoms with Crippen molar-refractivity contribution in [2.75, 3.05) is 0 Å². The van der Waals surface area contributed by atoms with Crippen LogP contribution < -0.4 is 0 Å². The van der Waals surface area contributed by atoms with Crippen molar-refractivity contribution >= 4 is 0 Å². The van der Waals surface area contributed by atoms with Gasteiger partial charge in [-0.05, 0) is 42.5 Å². The fourth-order valence-electron chi connectivity index (χ4n) is 5.04. The molecule has 2 nitrogen and oxygen atoms in total. The van der Waals surface area contributed by atoms with Crippen LogP contribution in [-0.4, -0.2) is 10.2 Å². The lowest BCUT2D eigenvalue weighted by Crippen LogP contribution is -2.42. The molecule has 0 amide bonds. The van der Waals surface area contributed by atoms with Gasteiger partial charge >= 0.3 is 0 Å². The van der Waals surface area contributed by atoms with E-state index in [1.807, 2.05) is 115 Å². The zero-order chi connectivity index (χ0) is 27.4. The molecule has 2 N–H and O–H groups in total. The van der Waals surface area contributed by atoms with Crippen LogP contribution in [0.1, 0.15) is 44.5 Å². The molecular weight excluding hydrogens is 488 g/mol. The quantitative estimate of drug-likeness (QED) is 0.251. The van der Waals surface area contributed by atoms with Crippen LogP contribution in [0.15, 0.2) is 133 Å². The number of hydrogen-bond acceptors (Lipinski definition) is 2. The van der Waals surface area contributed by atoms with E-state index in [9.17, 15) is 10.2 Å². The van der Waals surface area contributed by atoms with Gasteiger partial charge in [0.25, 0.3) is 0 Å². The van der Waals surface area contributed by atoms with Crippen molar-refractivity contribution in [2.24, 2.45) is 0 Å². The van der Waals surface area contributed by atoms with E-state index in [1.54, 1.807) is 18.2 Å². The summed E-state index contributed by atoms with van der Waals surface area (Å²) in [6.07, 6.45) is 0. The molecule has 40 heavy (non-hydrogen) atoms. The summed E-state index contributed by atoms with van der Waals surface area (Å²) in [4.78, 5) is 0. The van der Waals surface area contributed by atoms with Crippen molar-refractivity contribution in [3.8, 4) is 35.5 Å². The van der Waals surface area contributed by atoms with Crippen LogP contribution in [-0.2, 0) is 11.2 Å². The Morgan fingerprint density at radius 1 is 0.375 bits per heavy atom. The van der Waals surface area contributed by atoms with Gasteiger partial charge in [0, 0.05) is 44.5 Å². The van der Waals surface area contributed by atoms with Crippen LogP contribution in [0.25, 0.3) is 0 Å². The molecule has 5 aromatic rings. The third-order valence-corrected chi connectivity index (χ3v) is 6.96. The van der Waals surface area contributed by atoms with E-state index in [0.29, 0.717) is 27.8 Å². The Hall–Kier alpha value is -5.30. The summed E-state index contributed by atoms with van der Waals surface area (Å²) in [5, 5.41) is 24.9. The van der Waals surface area contributed by atoms with Gasteiger partial charge in [0.05, 0.1) is 0 Å². The molecule has 1 aliphatic carbocycles. The highest BCUT2D eigenvalue weighted by Crippen LogP contribution is 2.48. The molecular formula is C38H24O2. The molecule has 0 saturated heterocycles. The van der Waals surface area contributed by atoms with Gasteiger partial charge in [-0.2, -0.15) is 0 Å². The monoisotopic (exact) mass is 512 g/mol. The molecule has 0 aromatic heterocycles. The molecule has 0 heterocycles. The summed E-state index contributed by atoms with van der Waals surface area (Å²) in [6, 6.07) is 41.5. The van der Waals surface area contributed by atoms with Gasteiger partial charge < -0.3 is 10.2 Å². The molecule has 0 unspecified atom stereocenters. The Morgan fingerprint density at radius 2 is 0.800 bits per heavy atom. The van der Waals surface area contributed by atoms with Gasteiger partial charge in [-0.15, -0.1) is 0 Å². The van der Waals surface area contributed by atoms with E-state index in [2.05, 4.69) is 35.5 Å². The lowest BCUT2D eigenvalue weighted by Gasteiger charge is -2.40. The molecule has 188 valence electrons. The molecule has 0 saturated carbocycles. The maximum atomic E-state index is 12.5. The topological polar surface area (TPSA) is 40.5 Å². The molecule has 2 heteroatoms. The molecule has 0 spiro atoms. The van der Waals surface area contributed by atoms with Crippen LogP contribution in [0.4, 0.5) is 0 Å². The van der Waals surface area contributed by atoms with Gasteiger partial charge in [0.15, 0.2) is 11.2 Å². The van der Waals surface area contributed by atoms with Crippen LogP contribution in [0, 0.1) is 35.5 Å². The zero-order valence-corrected chi connectivity index (χ0v) is 21.6. The normalized spacial score (nSPS) is 18.4. The van der Waals surface area contributed by atoms with E-state index in [0.717, 1.165) is 16.7 Å². The molecule has 0 fully saturated rings. The fourth-order valence-corrected chi connectivity index (χ4v) is 5.04. The fraction of sp³-hybridized carbons (Fsp3) is 0.0526. The van der Waals surface area contributed by atoms with Crippen LogP contribution in [0.3, 0.4) is 0 Å². The minimum atomic E-state index is -1.75.